The topological polar surface area (TPSA) is 40.7 Å². The van der Waals surface area contributed by atoms with E-state index in [0.717, 1.165) is 38.0 Å². The fourth-order valence-corrected chi connectivity index (χ4v) is 5.25. The number of nitrogens with zero attached hydrogens (tertiary/aromatic N) is 1. The molecule has 2 heterocycles. The highest BCUT2D eigenvalue weighted by atomic mass is 14.9. The van der Waals surface area contributed by atoms with Gasteiger partial charge >= 0.3 is 0 Å². The molecule has 0 fully saturated rings. The van der Waals surface area contributed by atoms with Gasteiger partial charge in [-0.1, -0.05) is 54.6 Å². The van der Waals surface area contributed by atoms with E-state index >= 15 is 0 Å². The van der Waals surface area contributed by atoms with Crippen LogP contribution >= 0.6 is 0 Å². The second kappa shape index (κ2) is 9.07. The first-order valence-electron chi connectivity index (χ1n) is 11.5. The van der Waals surface area contributed by atoms with Gasteiger partial charge in [-0.05, 0) is 73.3 Å². The van der Waals surface area contributed by atoms with Crippen LogP contribution in [0.25, 0.3) is 10.9 Å². The van der Waals surface area contributed by atoms with Crippen molar-refractivity contribution in [3.05, 3.63) is 102 Å². The van der Waals surface area contributed by atoms with E-state index in [-0.39, 0.29) is 0 Å². The fraction of sp³-hybridized carbons (Fsp3) is 0.321. The zero-order valence-corrected chi connectivity index (χ0v) is 18.1. The number of aromatic amines is 1. The van der Waals surface area contributed by atoms with Crippen molar-refractivity contribution in [3.63, 3.8) is 0 Å². The predicted molar refractivity (Wildman–Crippen MR) is 128 cm³/mol. The SMILES string of the molecule is c1ccc(CCCC2(CNCc3ccccn3)CCc3[nH]c4ccccc4c3C2)cc1. The quantitative estimate of drug-likeness (QED) is 0.383. The van der Waals surface area contributed by atoms with Crippen LogP contribution in [0.5, 0.6) is 0 Å². The third kappa shape index (κ3) is 4.57. The number of aromatic nitrogens is 2. The molecule has 2 N–H and O–H groups in total. The van der Waals surface area contributed by atoms with Crippen molar-refractivity contribution in [1.29, 1.82) is 0 Å². The van der Waals surface area contributed by atoms with E-state index in [1.54, 1.807) is 5.56 Å². The molecular formula is C28H31N3. The molecule has 0 saturated carbocycles. The molecule has 0 bridgehead atoms. The molecule has 0 aliphatic heterocycles. The van der Waals surface area contributed by atoms with Gasteiger partial charge in [-0.15, -0.1) is 0 Å². The fourth-order valence-electron chi connectivity index (χ4n) is 5.25. The van der Waals surface area contributed by atoms with Crippen LogP contribution in [-0.4, -0.2) is 16.5 Å². The summed E-state index contributed by atoms with van der Waals surface area (Å²) in [5, 5.41) is 5.17. The zero-order chi connectivity index (χ0) is 20.9. The van der Waals surface area contributed by atoms with E-state index < -0.39 is 0 Å². The first kappa shape index (κ1) is 20.0. The third-order valence-electron chi connectivity index (χ3n) is 6.91. The van der Waals surface area contributed by atoms with Gasteiger partial charge in [0.05, 0.1) is 5.69 Å². The largest absolute Gasteiger partial charge is 0.358 e. The number of aryl methyl sites for hydroxylation is 2. The molecule has 3 heteroatoms. The van der Waals surface area contributed by atoms with Crippen molar-refractivity contribution in [2.45, 2.75) is 45.1 Å². The molecule has 1 aliphatic rings. The highest BCUT2D eigenvalue weighted by Gasteiger charge is 2.35. The first-order chi connectivity index (χ1) is 15.3. The van der Waals surface area contributed by atoms with Crippen molar-refractivity contribution < 1.29 is 0 Å². The molecule has 158 valence electrons. The summed E-state index contributed by atoms with van der Waals surface area (Å²) in [7, 11) is 0. The molecule has 5 rings (SSSR count). The number of para-hydroxylation sites is 1. The van der Waals surface area contributed by atoms with Crippen LogP contribution in [0.15, 0.2) is 79.0 Å². The molecule has 4 aromatic rings. The average molecular weight is 410 g/mol. The number of benzene rings is 2. The minimum atomic E-state index is 0.293. The minimum Gasteiger partial charge on any atom is -0.358 e. The van der Waals surface area contributed by atoms with Crippen molar-refractivity contribution in [3.8, 4) is 0 Å². The molecular weight excluding hydrogens is 378 g/mol. The van der Waals surface area contributed by atoms with Gasteiger partial charge in [0.25, 0.3) is 0 Å². The Bertz CT molecular complexity index is 1070. The highest BCUT2D eigenvalue weighted by molar-refractivity contribution is 5.85. The lowest BCUT2D eigenvalue weighted by atomic mass is 9.69. The number of rotatable bonds is 8. The molecule has 2 aromatic heterocycles. The molecule has 1 aliphatic carbocycles. The second-order valence-electron chi connectivity index (χ2n) is 9.07. The summed E-state index contributed by atoms with van der Waals surface area (Å²) >= 11 is 0. The summed E-state index contributed by atoms with van der Waals surface area (Å²) in [6.45, 7) is 1.87. The Hall–Kier alpha value is -2.91. The summed E-state index contributed by atoms with van der Waals surface area (Å²) in [5.74, 6) is 0. The summed E-state index contributed by atoms with van der Waals surface area (Å²) in [5.41, 5.74) is 7.13. The normalized spacial score (nSPS) is 18.2. The van der Waals surface area contributed by atoms with Gasteiger partial charge < -0.3 is 10.3 Å². The van der Waals surface area contributed by atoms with Crippen molar-refractivity contribution in [2.24, 2.45) is 5.41 Å². The lowest BCUT2D eigenvalue weighted by Crippen LogP contribution is -2.39. The molecule has 1 atom stereocenters. The van der Waals surface area contributed by atoms with E-state index in [4.69, 9.17) is 0 Å². The average Bonchev–Trinajstić information content (AvgIpc) is 3.18. The van der Waals surface area contributed by atoms with Gasteiger partial charge in [-0.25, -0.2) is 0 Å². The molecule has 0 saturated heterocycles. The molecule has 0 amide bonds. The standard InChI is InChI=1S/C28H31N3/c1-2-9-22(10-3-1)11-8-16-28(21-29-20-23-12-6-7-18-30-23)17-15-27-25(19-28)24-13-4-5-14-26(24)31-27/h1-7,9-10,12-14,18,29,31H,8,11,15-17,19-21H2. The third-order valence-corrected chi connectivity index (χ3v) is 6.91. The van der Waals surface area contributed by atoms with Gasteiger partial charge in [-0.2, -0.15) is 0 Å². The Morgan fingerprint density at radius 1 is 0.935 bits per heavy atom. The van der Waals surface area contributed by atoms with Gasteiger partial charge in [0.2, 0.25) is 0 Å². The Morgan fingerprint density at radius 2 is 1.77 bits per heavy atom. The van der Waals surface area contributed by atoms with Crippen LogP contribution in [0.4, 0.5) is 0 Å². The van der Waals surface area contributed by atoms with E-state index in [1.807, 2.05) is 12.3 Å². The van der Waals surface area contributed by atoms with Gasteiger partial charge in [0.15, 0.2) is 0 Å². The van der Waals surface area contributed by atoms with E-state index in [1.165, 1.54) is 41.4 Å². The van der Waals surface area contributed by atoms with Crippen LogP contribution in [0.3, 0.4) is 0 Å². The van der Waals surface area contributed by atoms with Crippen molar-refractivity contribution >= 4 is 10.9 Å². The lowest BCUT2D eigenvalue weighted by molar-refractivity contribution is 0.208. The van der Waals surface area contributed by atoms with Crippen LogP contribution < -0.4 is 5.32 Å². The molecule has 0 spiro atoms. The monoisotopic (exact) mass is 409 g/mol. The maximum atomic E-state index is 4.49. The van der Waals surface area contributed by atoms with Crippen LogP contribution in [-0.2, 0) is 25.8 Å². The number of hydrogen-bond acceptors (Lipinski definition) is 2. The van der Waals surface area contributed by atoms with Crippen LogP contribution in [0.2, 0.25) is 0 Å². The number of pyridine rings is 1. The number of H-pyrrole nitrogens is 1. The molecule has 1 unspecified atom stereocenters. The van der Waals surface area contributed by atoms with Gasteiger partial charge in [0.1, 0.15) is 0 Å². The van der Waals surface area contributed by atoms with Crippen molar-refractivity contribution in [1.82, 2.24) is 15.3 Å². The zero-order valence-electron chi connectivity index (χ0n) is 18.1. The lowest BCUT2D eigenvalue weighted by Gasteiger charge is -2.38. The molecule has 31 heavy (non-hydrogen) atoms. The maximum absolute atomic E-state index is 4.49. The van der Waals surface area contributed by atoms with Crippen LogP contribution in [0.1, 0.15) is 41.8 Å². The molecule has 2 aromatic carbocycles. The highest BCUT2D eigenvalue weighted by Crippen LogP contribution is 2.42. The van der Waals surface area contributed by atoms with Gasteiger partial charge in [-0.3, -0.25) is 4.98 Å². The molecule has 3 nitrogen and oxygen atoms in total. The Balaban J connectivity index is 1.33. The summed E-state index contributed by atoms with van der Waals surface area (Å²) < 4.78 is 0. The predicted octanol–water partition coefficient (Wildman–Crippen LogP) is 5.85. The Kier molecular flexibility index (Phi) is 5.86. The van der Waals surface area contributed by atoms with E-state index in [9.17, 15) is 0 Å². The first-order valence-corrected chi connectivity index (χ1v) is 11.5. The molecule has 0 radical (unpaired) electrons. The maximum Gasteiger partial charge on any atom is 0.0541 e. The smallest absolute Gasteiger partial charge is 0.0541 e. The number of nitrogens with one attached hydrogen (secondary N) is 2. The summed E-state index contributed by atoms with van der Waals surface area (Å²) in [6.07, 6.45) is 9.03. The Morgan fingerprint density at radius 3 is 2.65 bits per heavy atom. The number of hydrogen-bond donors (Lipinski definition) is 2. The Labute approximate surface area is 184 Å². The van der Waals surface area contributed by atoms with Crippen LogP contribution in [0, 0.1) is 5.41 Å². The summed E-state index contributed by atoms with van der Waals surface area (Å²) in [6, 6.07) is 25.9. The van der Waals surface area contributed by atoms with Gasteiger partial charge in [0, 0.05) is 35.9 Å². The van der Waals surface area contributed by atoms with Crippen molar-refractivity contribution in [2.75, 3.05) is 6.54 Å². The van der Waals surface area contributed by atoms with E-state index in [0.29, 0.717) is 5.41 Å². The number of fused-ring (bicyclic) bond motifs is 3. The minimum absolute atomic E-state index is 0.293. The second-order valence-corrected chi connectivity index (χ2v) is 9.07. The van der Waals surface area contributed by atoms with E-state index in [2.05, 4.69) is 82.0 Å². The summed E-state index contributed by atoms with van der Waals surface area (Å²) in [4.78, 5) is 8.17.